The molecular formula is C60H33N5S2. The molecule has 0 fully saturated rings. The number of nitriles is 2. The highest BCUT2D eigenvalue weighted by molar-refractivity contribution is 7.27. The lowest BCUT2D eigenvalue weighted by atomic mass is 9.83. The van der Waals surface area contributed by atoms with E-state index in [1.165, 1.54) is 20.2 Å². The normalized spacial score (nSPS) is 11.6. The number of nitrogens with zero attached hydrogens (tertiary/aromatic N) is 5. The van der Waals surface area contributed by atoms with Crippen molar-refractivity contribution < 1.29 is 0 Å². The first-order valence-electron chi connectivity index (χ1n) is 22.0. The van der Waals surface area contributed by atoms with Crippen LogP contribution in [0.5, 0.6) is 0 Å². The maximum absolute atomic E-state index is 11.9. The van der Waals surface area contributed by atoms with Crippen molar-refractivity contribution in [1.29, 1.82) is 10.5 Å². The van der Waals surface area contributed by atoms with Gasteiger partial charge in [0.15, 0.2) is 5.82 Å². The van der Waals surface area contributed by atoms with Crippen LogP contribution in [0.2, 0.25) is 0 Å². The van der Waals surface area contributed by atoms with Gasteiger partial charge in [-0.05, 0) is 29.3 Å². The third kappa shape index (κ3) is 5.97. The van der Waals surface area contributed by atoms with E-state index >= 15 is 0 Å². The third-order valence-electron chi connectivity index (χ3n) is 12.9. The first-order chi connectivity index (χ1) is 33.2. The minimum atomic E-state index is 0.210. The van der Waals surface area contributed by atoms with E-state index in [0.717, 1.165) is 75.4 Å². The monoisotopic (exact) mass is 887 g/mol. The topological polar surface area (TPSA) is 78.3 Å². The summed E-state index contributed by atoms with van der Waals surface area (Å²) in [5.41, 5.74) is 10.2. The predicted octanol–water partition coefficient (Wildman–Crippen LogP) is 16.4. The molecule has 0 aliphatic rings. The molecule has 0 unspecified atom stereocenters. The van der Waals surface area contributed by atoms with Crippen LogP contribution in [0.4, 0.5) is 0 Å². The summed E-state index contributed by atoms with van der Waals surface area (Å²) >= 11 is 3.53. The van der Waals surface area contributed by atoms with Crippen LogP contribution in [0.1, 0.15) is 11.1 Å². The lowest BCUT2D eigenvalue weighted by Gasteiger charge is -2.24. The van der Waals surface area contributed by atoms with E-state index in [1.54, 1.807) is 22.7 Å². The van der Waals surface area contributed by atoms with E-state index in [1.807, 2.05) is 103 Å². The first kappa shape index (κ1) is 38.7. The summed E-state index contributed by atoms with van der Waals surface area (Å²) in [6.07, 6.45) is 0. The summed E-state index contributed by atoms with van der Waals surface area (Å²) in [6.45, 7) is 0. The van der Waals surface area contributed by atoms with Crippen molar-refractivity contribution in [3.63, 3.8) is 0 Å². The zero-order valence-electron chi connectivity index (χ0n) is 35.6. The number of hydrogen-bond acceptors (Lipinski definition) is 6. The van der Waals surface area contributed by atoms with Crippen LogP contribution in [0.15, 0.2) is 200 Å². The van der Waals surface area contributed by atoms with Crippen molar-refractivity contribution in [1.82, 2.24) is 14.5 Å². The Balaban J connectivity index is 1.29. The van der Waals surface area contributed by atoms with Crippen molar-refractivity contribution >= 4 is 84.8 Å². The SMILES string of the molecule is N#Cc1c(C#N)c(-n2c3c(ccc4c5ccccc5sc43)c3ccc4c5ccccc5sc4c32)c(-c2ccccc2)c(-c2ccccc2)c1-c1nc(-c2ccccc2)cc(-c2ccccc2)n1. The van der Waals surface area contributed by atoms with E-state index in [-0.39, 0.29) is 11.1 Å². The van der Waals surface area contributed by atoms with Gasteiger partial charge in [-0.15, -0.1) is 22.7 Å². The molecule has 0 spiro atoms. The highest BCUT2D eigenvalue weighted by Gasteiger charge is 2.33. The fraction of sp³-hybridized carbons (Fsp3) is 0. The fourth-order valence-corrected chi connectivity index (χ4v) is 12.5. The van der Waals surface area contributed by atoms with Gasteiger partial charge in [0.05, 0.1) is 48.6 Å². The molecule has 310 valence electrons. The largest absolute Gasteiger partial charge is 0.304 e. The molecule has 0 aliphatic heterocycles. The highest BCUT2D eigenvalue weighted by Crippen LogP contribution is 2.52. The van der Waals surface area contributed by atoms with Crippen LogP contribution in [0.25, 0.3) is 124 Å². The Kier molecular flexibility index (Phi) is 8.94. The average Bonchev–Trinajstić information content (AvgIpc) is 4.08. The summed E-state index contributed by atoms with van der Waals surface area (Å²) in [4.78, 5) is 10.7. The van der Waals surface area contributed by atoms with Crippen LogP contribution in [0.3, 0.4) is 0 Å². The Morgan fingerprint density at radius 3 is 1.24 bits per heavy atom. The Bertz CT molecular complexity index is 4030. The first-order valence-corrected chi connectivity index (χ1v) is 23.7. The second-order valence-corrected chi connectivity index (χ2v) is 18.7. The van der Waals surface area contributed by atoms with Gasteiger partial charge in [0.1, 0.15) is 12.1 Å². The summed E-state index contributed by atoms with van der Waals surface area (Å²) in [6, 6.07) is 74.1. The minimum Gasteiger partial charge on any atom is -0.304 e. The molecule has 0 N–H and O–H groups in total. The number of aromatic nitrogens is 3. The molecule has 13 aromatic rings. The molecule has 0 saturated carbocycles. The molecule has 5 nitrogen and oxygen atoms in total. The quantitative estimate of drug-likeness (QED) is 0.167. The van der Waals surface area contributed by atoms with Gasteiger partial charge in [-0.25, -0.2) is 9.97 Å². The summed E-state index contributed by atoms with van der Waals surface area (Å²) in [7, 11) is 0. The summed E-state index contributed by atoms with van der Waals surface area (Å²) in [5, 5.41) is 30.6. The zero-order valence-corrected chi connectivity index (χ0v) is 37.2. The van der Waals surface area contributed by atoms with E-state index < -0.39 is 0 Å². The lowest BCUT2D eigenvalue weighted by Crippen LogP contribution is -2.09. The van der Waals surface area contributed by atoms with Gasteiger partial charge in [0, 0.05) is 69.5 Å². The average molecular weight is 888 g/mol. The van der Waals surface area contributed by atoms with Crippen molar-refractivity contribution in [2.24, 2.45) is 0 Å². The summed E-state index contributed by atoms with van der Waals surface area (Å²) < 4.78 is 6.93. The van der Waals surface area contributed by atoms with Crippen LogP contribution in [0, 0.1) is 22.7 Å². The maximum Gasteiger partial charge on any atom is 0.162 e. The number of benzene rings is 9. The number of thiophene rings is 2. The smallest absolute Gasteiger partial charge is 0.162 e. The Morgan fingerprint density at radius 1 is 0.373 bits per heavy atom. The number of hydrogen-bond donors (Lipinski definition) is 0. The van der Waals surface area contributed by atoms with E-state index in [9.17, 15) is 10.5 Å². The molecule has 4 heterocycles. The van der Waals surface area contributed by atoms with Crippen LogP contribution in [-0.2, 0) is 0 Å². The van der Waals surface area contributed by atoms with Gasteiger partial charge < -0.3 is 4.57 Å². The molecule has 4 aromatic heterocycles. The maximum atomic E-state index is 11.9. The van der Waals surface area contributed by atoms with Crippen molar-refractivity contribution in [3.05, 3.63) is 211 Å². The van der Waals surface area contributed by atoms with Gasteiger partial charge in [0.2, 0.25) is 0 Å². The Hall–Kier alpha value is -8.72. The second-order valence-electron chi connectivity index (χ2n) is 16.6. The molecule has 13 rings (SSSR count). The lowest BCUT2D eigenvalue weighted by molar-refractivity contribution is 1.16. The molecule has 67 heavy (non-hydrogen) atoms. The van der Waals surface area contributed by atoms with Crippen LogP contribution >= 0.6 is 22.7 Å². The third-order valence-corrected chi connectivity index (χ3v) is 15.3. The second kappa shape index (κ2) is 15.5. The molecule has 0 amide bonds. The van der Waals surface area contributed by atoms with Crippen LogP contribution < -0.4 is 0 Å². The van der Waals surface area contributed by atoms with Gasteiger partial charge in [-0.3, -0.25) is 0 Å². The zero-order chi connectivity index (χ0) is 44.6. The molecule has 0 atom stereocenters. The fourth-order valence-electron chi connectivity index (χ4n) is 10.0. The molecule has 0 aliphatic carbocycles. The molecule has 0 radical (unpaired) electrons. The number of fused-ring (bicyclic) bond motifs is 11. The predicted molar refractivity (Wildman–Crippen MR) is 279 cm³/mol. The number of rotatable bonds is 6. The van der Waals surface area contributed by atoms with E-state index in [4.69, 9.17) is 9.97 Å². The van der Waals surface area contributed by atoms with Gasteiger partial charge >= 0.3 is 0 Å². The molecule has 0 saturated heterocycles. The van der Waals surface area contributed by atoms with Gasteiger partial charge in [-0.2, -0.15) is 10.5 Å². The molecular weight excluding hydrogens is 855 g/mol. The van der Waals surface area contributed by atoms with Gasteiger partial charge in [0.25, 0.3) is 0 Å². The standard InChI is InChI=1S/C60H33N5S2/c61-34-46-47(35-62)55(65-56-42(29-31-44-40-25-13-15-27-50(40)66-58(44)56)43-30-32-45-41-26-14-16-28-51(41)67-59(45)57(43)65)53(39-23-11-4-12-24-39)52(38-21-9-3-10-22-38)54(46)60-63-48(36-17-5-1-6-18-36)33-49(64-60)37-19-7-2-8-20-37/h1-33H. The van der Waals surface area contributed by atoms with Crippen LogP contribution in [-0.4, -0.2) is 14.5 Å². The Labute approximate surface area is 393 Å². The van der Waals surface area contributed by atoms with Crippen molar-refractivity contribution in [2.75, 3.05) is 0 Å². The van der Waals surface area contributed by atoms with E-state index in [0.29, 0.717) is 28.5 Å². The summed E-state index contributed by atoms with van der Waals surface area (Å²) in [5.74, 6) is 0.358. The van der Waals surface area contributed by atoms with Crippen molar-refractivity contribution in [2.45, 2.75) is 0 Å². The highest BCUT2D eigenvalue weighted by atomic mass is 32.1. The van der Waals surface area contributed by atoms with E-state index in [2.05, 4.69) is 114 Å². The van der Waals surface area contributed by atoms with Gasteiger partial charge in [-0.1, -0.05) is 182 Å². The Morgan fingerprint density at radius 2 is 0.776 bits per heavy atom. The molecule has 9 aromatic carbocycles. The minimum absolute atomic E-state index is 0.210. The molecule has 7 heteroatoms. The van der Waals surface area contributed by atoms with Crippen molar-refractivity contribution in [3.8, 4) is 74.0 Å². The molecule has 0 bridgehead atoms.